The van der Waals surface area contributed by atoms with E-state index in [0.717, 1.165) is 10.9 Å². The molecule has 1 aromatic heterocycles. The SMILES string of the molecule is CCOc1cccc(NC(=O)/C(C#N)=C\c2cn(CC(=O)OC)c3ccccc23)c1. The molecule has 0 aliphatic carbocycles. The van der Waals surface area contributed by atoms with Gasteiger partial charge < -0.3 is 19.4 Å². The highest BCUT2D eigenvalue weighted by Gasteiger charge is 2.14. The molecule has 1 amide bonds. The van der Waals surface area contributed by atoms with Gasteiger partial charge in [-0.1, -0.05) is 24.3 Å². The van der Waals surface area contributed by atoms with Crippen molar-refractivity contribution in [3.05, 3.63) is 65.9 Å². The molecule has 0 spiro atoms. The second-order valence-electron chi connectivity index (χ2n) is 6.39. The van der Waals surface area contributed by atoms with Gasteiger partial charge in [0, 0.05) is 34.4 Å². The molecule has 7 heteroatoms. The maximum atomic E-state index is 12.7. The Kier molecular flexibility index (Phi) is 6.50. The Balaban J connectivity index is 1.91. The van der Waals surface area contributed by atoms with Crippen LogP contribution in [0.15, 0.2) is 60.3 Å². The Hall–Kier alpha value is -4.05. The Morgan fingerprint density at radius 1 is 1.20 bits per heavy atom. The van der Waals surface area contributed by atoms with Gasteiger partial charge in [-0.15, -0.1) is 0 Å². The summed E-state index contributed by atoms with van der Waals surface area (Å²) in [5, 5.41) is 13.1. The summed E-state index contributed by atoms with van der Waals surface area (Å²) in [6.45, 7) is 2.41. The minimum absolute atomic E-state index is 0.0309. The number of hydrogen-bond donors (Lipinski definition) is 1. The van der Waals surface area contributed by atoms with Crippen molar-refractivity contribution in [2.45, 2.75) is 13.5 Å². The largest absolute Gasteiger partial charge is 0.494 e. The molecule has 0 atom stereocenters. The molecule has 0 saturated heterocycles. The summed E-state index contributed by atoms with van der Waals surface area (Å²) in [6.07, 6.45) is 3.24. The predicted molar refractivity (Wildman–Crippen MR) is 114 cm³/mol. The number of benzene rings is 2. The molecule has 3 rings (SSSR count). The van der Waals surface area contributed by atoms with E-state index in [9.17, 15) is 14.9 Å². The van der Waals surface area contributed by atoms with Crippen LogP contribution in [0.5, 0.6) is 5.75 Å². The van der Waals surface area contributed by atoms with Crippen LogP contribution >= 0.6 is 0 Å². The van der Waals surface area contributed by atoms with E-state index in [0.29, 0.717) is 23.6 Å². The average Bonchev–Trinajstić information content (AvgIpc) is 3.09. The number of fused-ring (bicyclic) bond motifs is 1. The van der Waals surface area contributed by atoms with Crippen molar-refractivity contribution >= 4 is 34.5 Å². The van der Waals surface area contributed by atoms with E-state index in [1.54, 1.807) is 35.0 Å². The lowest BCUT2D eigenvalue weighted by Gasteiger charge is -2.07. The van der Waals surface area contributed by atoms with Gasteiger partial charge in [0.15, 0.2) is 0 Å². The fourth-order valence-corrected chi connectivity index (χ4v) is 3.06. The van der Waals surface area contributed by atoms with Gasteiger partial charge >= 0.3 is 5.97 Å². The number of methoxy groups -OCH3 is 1. The van der Waals surface area contributed by atoms with Crippen molar-refractivity contribution in [3.8, 4) is 11.8 Å². The number of carbonyl (C=O) groups is 2. The van der Waals surface area contributed by atoms with E-state index in [1.807, 2.05) is 37.3 Å². The number of hydrogen-bond acceptors (Lipinski definition) is 5. The van der Waals surface area contributed by atoms with Gasteiger partial charge in [-0.25, -0.2) is 0 Å². The zero-order valence-corrected chi connectivity index (χ0v) is 16.7. The summed E-state index contributed by atoms with van der Waals surface area (Å²) in [4.78, 5) is 24.4. The quantitative estimate of drug-likeness (QED) is 0.368. The van der Waals surface area contributed by atoms with Crippen LogP contribution in [0.1, 0.15) is 12.5 Å². The number of ether oxygens (including phenoxy) is 2. The predicted octanol–water partition coefficient (Wildman–Crippen LogP) is 3.76. The third-order valence-electron chi connectivity index (χ3n) is 4.41. The molecule has 30 heavy (non-hydrogen) atoms. The number of nitrogens with one attached hydrogen (secondary N) is 1. The zero-order valence-electron chi connectivity index (χ0n) is 16.7. The van der Waals surface area contributed by atoms with E-state index in [2.05, 4.69) is 5.32 Å². The summed E-state index contributed by atoms with van der Waals surface area (Å²) >= 11 is 0. The van der Waals surface area contributed by atoms with Crippen LogP contribution in [0.4, 0.5) is 5.69 Å². The van der Waals surface area contributed by atoms with Crippen molar-refractivity contribution in [1.29, 1.82) is 5.26 Å². The third kappa shape index (κ3) is 4.67. The molecule has 7 nitrogen and oxygen atoms in total. The standard InChI is InChI=1S/C23H21N3O4/c1-3-30-19-8-6-7-18(12-19)25-23(28)16(13-24)11-17-14-26(15-22(27)29-2)21-10-5-4-9-20(17)21/h4-12,14H,3,15H2,1-2H3,(H,25,28)/b16-11-. The molecular formula is C23H21N3O4. The van der Waals surface area contributed by atoms with Crippen molar-refractivity contribution < 1.29 is 19.1 Å². The lowest BCUT2D eigenvalue weighted by atomic mass is 10.1. The summed E-state index contributed by atoms with van der Waals surface area (Å²) < 4.78 is 11.9. The van der Waals surface area contributed by atoms with Crippen molar-refractivity contribution in [3.63, 3.8) is 0 Å². The Bertz CT molecular complexity index is 1150. The molecular weight excluding hydrogens is 382 g/mol. The maximum Gasteiger partial charge on any atom is 0.325 e. The van der Waals surface area contributed by atoms with Crippen LogP contribution in [0.3, 0.4) is 0 Å². The molecule has 0 fully saturated rings. The minimum atomic E-state index is -0.532. The molecule has 2 aromatic carbocycles. The van der Waals surface area contributed by atoms with E-state index in [-0.39, 0.29) is 12.1 Å². The Morgan fingerprint density at radius 3 is 2.73 bits per heavy atom. The summed E-state index contributed by atoms with van der Waals surface area (Å²) in [7, 11) is 1.33. The molecule has 1 heterocycles. The second-order valence-corrected chi connectivity index (χ2v) is 6.39. The first-order chi connectivity index (χ1) is 14.5. The molecule has 152 valence electrons. The van der Waals surface area contributed by atoms with Gasteiger partial charge in [0.2, 0.25) is 0 Å². The average molecular weight is 403 g/mol. The van der Waals surface area contributed by atoms with Gasteiger partial charge in [-0.3, -0.25) is 9.59 Å². The number of amides is 1. The highest BCUT2D eigenvalue weighted by atomic mass is 16.5. The van der Waals surface area contributed by atoms with Gasteiger partial charge in [0.05, 0.1) is 13.7 Å². The molecule has 0 unspecified atom stereocenters. The molecule has 0 aliphatic heterocycles. The van der Waals surface area contributed by atoms with Crippen LogP contribution in [0, 0.1) is 11.3 Å². The number of carbonyl (C=O) groups excluding carboxylic acids is 2. The van der Waals surface area contributed by atoms with Crippen molar-refractivity contribution in [2.75, 3.05) is 19.0 Å². The van der Waals surface area contributed by atoms with Crippen molar-refractivity contribution in [2.24, 2.45) is 0 Å². The molecule has 0 radical (unpaired) electrons. The summed E-state index contributed by atoms with van der Waals surface area (Å²) in [5.74, 6) is -0.293. The van der Waals surface area contributed by atoms with Gasteiger partial charge in [0.1, 0.15) is 23.9 Å². The lowest BCUT2D eigenvalue weighted by molar-refractivity contribution is -0.141. The van der Waals surface area contributed by atoms with Gasteiger partial charge in [-0.2, -0.15) is 5.26 Å². The smallest absolute Gasteiger partial charge is 0.325 e. The second kappa shape index (κ2) is 9.43. The number of para-hydroxylation sites is 1. The number of nitrogens with zero attached hydrogens (tertiary/aromatic N) is 2. The Labute approximate surface area is 174 Å². The molecule has 0 saturated carbocycles. The third-order valence-corrected chi connectivity index (χ3v) is 4.41. The zero-order chi connectivity index (χ0) is 21.5. The summed E-state index contributed by atoms with van der Waals surface area (Å²) in [5.41, 5.74) is 1.93. The monoisotopic (exact) mass is 403 g/mol. The summed E-state index contributed by atoms with van der Waals surface area (Å²) in [6, 6.07) is 16.4. The van der Waals surface area contributed by atoms with E-state index in [4.69, 9.17) is 9.47 Å². The first-order valence-corrected chi connectivity index (χ1v) is 9.36. The highest BCUT2D eigenvalue weighted by Crippen LogP contribution is 2.24. The maximum absolute atomic E-state index is 12.7. The van der Waals surface area contributed by atoms with Crippen LogP contribution < -0.4 is 10.1 Å². The fraction of sp³-hybridized carbons (Fsp3) is 0.174. The van der Waals surface area contributed by atoms with E-state index in [1.165, 1.54) is 13.2 Å². The topological polar surface area (TPSA) is 93.4 Å². The minimum Gasteiger partial charge on any atom is -0.494 e. The van der Waals surface area contributed by atoms with Crippen molar-refractivity contribution in [1.82, 2.24) is 4.57 Å². The number of rotatable bonds is 7. The van der Waals surface area contributed by atoms with Gasteiger partial charge in [0.25, 0.3) is 5.91 Å². The van der Waals surface area contributed by atoms with E-state index >= 15 is 0 Å². The number of esters is 1. The molecule has 1 N–H and O–H groups in total. The van der Waals surface area contributed by atoms with Crippen LogP contribution in [0.2, 0.25) is 0 Å². The molecule has 0 aliphatic rings. The molecule has 0 bridgehead atoms. The first kappa shape index (κ1) is 20.7. The van der Waals surface area contributed by atoms with Crippen LogP contribution in [-0.4, -0.2) is 30.2 Å². The first-order valence-electron chi connectivity index (χ1n) is 9.36. The fourth-order valence-electron chi connectivity index (χ4n) is 3.06. The van der Waals surface area contributed by atoms with Crippen LogP contribution in [-0.2, 0) is 20.9 Å². The number of aromatic nitrogens is 1. The van der Waals surface area contributed by atoms with Crippen LogP contribution in [0.25, 0.3) is 17.0 Å². The number of anilines is 1. The van der Waals surface area contributed by atoms with Gasteiger partial charge in [-0.05, 0) is 31.2 Å². The molecule has 3 aromatic rings. The Morgan fingerprint density at radius 2 is 2.00 bits per heavy atom. The highest BCUT2D eigenvalue weighted by molar-refractivity contribution is 6.10. The lowest BCUT2D eigenvalue weighted by Crippen LogP contribution is -2.13. The number of nitriles is 1. The normalized spacial score (nSPS) is 11.0. The van der Waals surface area contributed by atoms with E-state index < -0.39 is 11.9 Å².